The Morgan fingerprint density at radius 1 is 0.625 bits per heavy atom. The molecule has 0 heterocycles. The SMILES string of the molecule is O=P(CC1(c2ccc(-c3ccccc3)cc2)CC1)(c1ccc(F)cc1)c1ccc(F)cc1. The molecule has 4 heteroatoms. The normalized spacial score (nSPS) is 14.8. The van der Waals surface area contributed by atoms with Gasteiger partial charge in [-0.25, -0.2) is 8.78 Å². The average molecular weight is 444 g/mol. The van der Waals surface area contributed by atoms with Crippen molar-refractivity contribution in [3.05, 3.63) is 120 Å². The van der Waals surface area contributed by atoms with E-state index in [0.29, 0.717) is 16.8 Å². The van der Waals surface area contributed by atoms with Gasteiger partial charge in [-0.15, -0.1) is 0 Å². The van der Waals surface area contributed by atoms with Crippen LogP contribution in [-0.2, 0) is 9.98 Å². The van der Waals surface area contributed by atoms with E-state index in [1.54, 1.807) is 24.3 Å². The minimum absolute atomic E-state index is 0.187. The fourth-order valence-corrected chi connectivity index (χ4v) is 7.73. The summed E-state index contributed by atoms with van der Waals surface area (Å²) in [6.45, 7) is 0. The lowest BCUT2D eigenvalue weighted by Crippen LogP contribution is -2.25. The standard InChI is InChI=1S/C28H23F2OP/c29-24-10-14-26(15-11-24)32(31,27-16-12-25(30)13-17-27)20-28(18-19-28)23-8-6-22(7-9-23)21-4-2-1-3-5-21/h1-17H,18-20H2. The Labute approximate surface area is 187 Å². The van der Waals surface area contributed by atoms with Crippen LogP contribution in [0.2, 0.25) is 0 Å². The van der Waals surface area contributed by atoms with Gasteiger partial charge >= 0.3 is 0 Å². The summed E-state index contributed by atoms with van der Waals surface area (Å²) in [5.41, 5.74) is 3.28. The average Bonchev–Trinajstić information content (AvgIpc) is 3.61. The molecule has 0 N–H and O–H groups in total. The van der Waals surface area contributed by atoms with Gasteiger partial charge in [0.15, 0.2) is 0 Å². The molecule has 1 aliphatic rings. The molecule has 0 unspecified atom stereocenters. The lowest BCUT2D eigenvalue weighted by atomic mass is 9.95. The van der Waals surface area contributed by atoms with E-state index in [4.69, 9.17) is 0 Å². The monoisotopic (exact) mass is 444 g/mol. The lowest BCUT2D eigenvalue weighted by molar-refractivity contribution is 0.580. The highest BCUT2D eigenvalue weighted by Gasteiger charge is 2.49. The van der Waals surface area contributed by atoms with Crippen LogP contribution in [0.5, 0.6) is 0 Å². The van der Waals surface area contributed by atoms with Crippen LogP contribution in [0.15, 0.2) is 103 Å². The third-order valence-corrected chi connectivity index (χ3v) is 9.79. The van der Waals surface area contributed by atoms with Crippen LogP contribution in [-0.4, -0.2) is 6.16 Å². The summed E-state index contributed by atoms with van der Waals surface area (Å²) in [5.74, 6) is -0.728. The fraction of sp³-hybridized carbons (Fsp3) is 0.143. The number of halogens is 2. The van der Waals surface area contributed by atoms with E-state index in [1.807, 2.05) is 18.2 Å². The van der Waals surface area contributed by atoms with Gasteiger partial charge in [0.25, 0.3) is 0 Å². The molecule has 1 saturated carbocycles. The van der Waals surface area contributed by atoms with Crippen molar-refractivity contribution in [2.24, 2.45) is 0 Å². The summed E-state index contributed by atoms with van der Waals surface area (Å²) < 4.78 is 41.7. The minimum Gasteiger partial charge on any atom is -0.314 e. The molecule has 0 aromatic heterocycles. The van der Waals surface area contributed by atoms with Crippen LogP contribution in [0, 0.1) is 11.6 Å². The largest absolute Gasteiger partial charge is 0.314 e. The third kappa shape index (κ3) is 3.94. The number of hydrogen-bond acceptors (Lipinski definition) is 1. The second kappa shape index (κ2) is 8.15. The number of benzene rings is 4. The van der Waals surface area contributed by atoms with Crippen LogP contribution in [0.4, 0.5) is 8.78 Å². The number of rotatable bonds is 6. The quantitative estimate of drug-likeness (QED) is 0.303. The van der Waals surface area contributed by atoms with E-state index in [9.17, 15) is 13.3 Å². The molecule has 1 fully saturated rings. The molecule has 32 heavy (non-hydrogen) atoms. The first-order valence-corrected chi connectivity index (χ1v) is 12.7. The van der Waals surface area contributed by atoms with Crippen molar-refractivity contribution in [1.82, 2.24) is 0 Å². The van der Waals surface area contributed by atoms with Crippen molar-refractivity contribution in [3.63, 3.8) is 0 Å². The second-order valence-corrected chi connectivity index (χ2v) is 11.4. The molecule has 0 saturated heterocycles. The maximum absolute atomic E-state index is 14.5. The highest BCUT2D eigenvalue weighted by Crippen LogP contribution is 2.59. The van der Waals surface area contributed by atoms with Gasteiger partial charge in [-0.05, 0) is 78.1 Å². The minimum atomic E-state index is -3.09. The van der Waals surface area contributed by atoms with Crippen molar-refractivity contribution >= 4 is 17.8 Å². The van der Waals surface area contributed by atoms with Gasteiger partial charge in [-0.1, -0.05) is 54.6 Å². The second-order valence-electron chi connectivity index (χ2n) is 8.57. The van der Waals surface area contributed by atoms with Crippen molar-refractivity contribution in [1.29, 1.82) is 0 Å². The smallest absolute Gasteiger partial charge is 0.144 e. The first-order valence-electron chi connectivity index (χ1n) is 10.8. The molecule has 5 rings (SSSR count). The maximum atomic E-state index is 14.5. The topological polar surface area (TPSA) is 17.1 Å². The van der Waals surface area contributed by atoms with E-state index in [-0.39, 0.29) is 17.0 Å². The van der Waals surface area contributed by atoms with Gasteiger partial charge in [0.05, 0.1) is 0 Å². The molecule has 1 aliphatic carbocycles. The van der Waals surface area contributed by atoms with Gasteiger partial charge in [0.2, 0.25) is 0 Å². The fourth-order valence-electron chi connectivity index (χ4n) is 4.46. The van der Waals surface area contributed by atoms with Gasteiger partial charge in [0.1, 0.15) is 18.8 Å². The zero-order chi connectivity index (χ0) is 22.2. The Morgan fingerprint density at radius 2 is 1.09 bits per heavy atom. The molecule has 0 spiro atoms. The van der Waals surface area contributed by atoms with E-state index in [0.717, 1.165) is 24.0 Å². The summed E-state index contributed by atoms with van der Waals surface area (Å²) in [4.78, 5) is 0. The Balaban J connectivity index is 1.51. The van der Waals surface area contributed by atoms with Gasteiger partial charge in [0, 0.05) is 22.2 Å². The Bertz CT molecular complexity index is 1210. The molecule has 0 radical (unpaired) electrons. The van der Waals surface area contributed by atoms with Crippen molar-refractivity contribution in [2.75, 3.05) is 6.16 Å². The van der Waals surface area contributed by atoms with Crippen molar-refractivity contribution < 1.29 is 13.3 Å². The van der Waals surface area contributed by atoms with Crippen molar-refractivity contribution in [2.45, 2.75) is 18.3 Å². The molecule has 4 aromatic carbocycles. The highest BCUT2D eigenvalue weighted by molar-refractivity contribution is 7.78. The van der Waals surface area contributed by atoms with E-state index in [1.165, 1.54) is 29.8 Å². The van der Waals surface area contributed by atoms with Gasteiger partial charge in [-0.3, -0.25) is 0 Å². The Morgan fingerprint density at radius 3 is 1.56 bits per heavy atom. The van der Waals surface area contributed by atoms with Crippen LogP contribution < -0.4 is 10.6 Å². The molecular weight excluding hydrogens is 421 g/mol. The predicted octanol–water partition coefficient (Wildman–Crippen LogP) is 6.68. The molecule has 0 atom stereocenters. The maximum Gasteiger partial charge on any atom is 0.144 e. The molecule has 0 bridgehead atoms. The molecular formula is C28H23F2OP. The van der Waals surface area contributed by atoms with E-state index >= 15 is 0 Å². The van der Waals surface area contributed by atoms with Crippen LogP contribution >= 0.6 is 7.14 Å². The first kappa shape index (κ1) is 20.8. The summed E-state index contributed by atoms with van der Waals surface area (Å²) >= 11 is 0. The van der Waals surface area contributed by atoms with Gasteiger partial charge < -0.3 is 4.57 Å². The number of hydrogen-bond donors (Lipinski definition) is 0. The Kier molecular flexibility index (Phi) is 5.31. The van der Waals surface area contributed by atoms with Crippen LogP contribution in [0.1, 0.15) is 18.4 Å². The molecule has 0 aliphatic heterocycles. The van der Waals surface area contributed by atoms with Crippen LogP contribution in [0.25, 0.3) is 11.1 Å². The zero-order valence-electron chi connectivity index (χ0n) is 17.5. The highest BCUT2D eigenvalue weighted by atomic mass is 31.2. The zero-order valence-corrected chi connectivity index (χ0v) is 18.4. The van der Waals surface area contributed by atoms with E-state index in [2.05, 4.69) is 36.4 Å². The lowest BCUT2D eigenvalue weighted by Gasteiger charge is -2.25. The van der Waals surface area contributed by atoms with Gasteiger partial charge in [-0.2, -0.15) is 0 Å². The molecule has 0 amide bonds. The summed E-state index contributed by atoms with van der Waals surface area (Å²) in [6, 6.07) is 30.5. The third-order valence-electron chi connectivity index (χ3n) is 6.47. The first-order chi connectivity index (χ1) is 15.5. The molecule has 160 valence electrons. The molecule has 4 aromatic rings. The van der Waals surface area contributed by atoms with Crippen molar-refractivity contribution in [3.8, 4) is 11.1 Å². The van der Waals surface area contributed by atoms with Crippen LogP contribution in [0.3, 0.4) is 0 Å². The Hall–Kier alpha value is -3.03. The summed E-state index contributed by atoms with van der Waals surface area (Å²) in [6.07, 6.45) is 2.34. The summed E-state index contributed by atoms with van der Waals surface area (Å²) in [7, 11) is -3.09. The predicted molar refractivity (Wildman–Crippen MR) is 127 cm³/mol. The molecule has 1 nitrogen and oxygen atoms in total. The summed E-state index contributed by atoms with van der Waals surface area (Å²) in [5, 5.41) is 1.22. The van der Waals surface area contributed by atoms with E-state index < -0.39 is 7.14 Å².